The van der Waals surface area contributed by atoms with Crippen molar-refractivity contribution >= 4 is 5.78 Å². The summed E-state index contributed by atoms with van der Waals surface area (Å²) < 4.78 is 0. The van der Waals surface area contributed by atoms with Gasteiger partial charge in [-0.25, -0.2) is 0 Å². The summed E-state index contributed by atoms with van der Waals surface area (Å²) in [6.07, 6.45) is 7.58. The maximum Gasteiger partial charge on any atom is 0.183 e. The van der Waals surface area contributed by atoms with Crippen molar-refractivity contribution < 1.29 is 25.2 Å². The number of fused-ring (bicyclic) bond motifs is 1. The molecule has 6 nitrogen and oxygen atoms in total. The third-order valence-corrected chi connectivity index (χ3v) is 9.81. The molecule has 4 saturated carbocycles. The molecule has 180 valence electrons. The van der Waals surface area contributed by atoms with Gasteiger partial charge in [-0.15, -0.1) is 0 Å². The van der Waals surface area contributed by atoms with Crippen molar-refractivity contribution in [3.05, 3.63) is 47.0 Å². The van der Waals surface area contributed by atoms with Gasteiger partial charge < -0.3 is 25.7 Å². The van der Waals surface area contributed by atoms with Crippen molar-refractivity contribution in [2.45, 2.75) is 63.3 Å². The predicted octanol–water partition coefficient (Wildman–Crippen LogP) is 4.38. The molecule has 4 fully saturated rings. The zero-order chi connectivity index (χ0) is 23.8. The number of phenols is 4. The molecule has 1 spiro atoms. The van der Waals surface area contributed by atoms with Crippen LogP contribution in [0.4, 0.5) is 0 Å². The van der Waals surface area contributed by atoms with E-state index in [1.165, 1.54) is 31.4 Å². The fraction of sp³-hybridized carbons (Fsp3) is 0.536. The lowest BCUT2D eigenvalue weighted by molar-refractivity contribution is -0.199. The highest BCUT2D eigenvalue weighted by molar-refractivity contribution is 6.02. The van der Waals surface area contributed by atoms with E-state index in [0.29, 0.717) is 23.9 Å². The van der Waals surface area contributed by atoms with Gasteiger partial charge in [0.05, 0.1) is 11.6 Å². The summed E-state index contributed by atoms with van der Waals surface area (Å²) in [5.74, 6) is 1.83. The third-order valence-electron chi connectivity index (χ3n) is 9.81. The molecule has 4 aliphatic carbocycles. The van der Waals surface area contributed by atoms with Gasteiger partial charge in [0.1, 0.15) is 11.5 Å². The minimum atomic E-state index is -0.474. The number of nitrogens with one attached hydrogen (secondary N) is 1. The minimum Gasteiger partial charge on any atom is -0.508 e. The van der Waals surface area contributed by atoms with Crippen molar-refractivity contribution in [1.82, 2.24) is 5.32 Å². The fourth-order valence-corrected chi connectivity index (χ4v) is 8.47. The fourth-order valence-electron chi connectivity index (χ4n) is 8.47. The van der Waals surface area contributed by atoms with Crippen LogP contribution in [0, 0.1) is 23.2 Å². The Labute approximate surface area is 199 Å². The van der Waals surface area contributed by atoms with E-state index in [2.05, 4.69) is 5.32 Å². The Hall–Kier alpha value is -2.73. The molecule has 0 radical (unpaired) electrons. The van der Waals surface area contributed by atoms with E-state index in [-0.39, 0.29) is 34.2 Å². The summed E-state index contributed by atoms with van der Waals surface area (Å²) in [4.78, 5) is 13.3. The van der Waals surface area contributed by atoms with Gasteiger partial charge in [-0.3, -0.25) is 4.79 Å². The molecule has 6 unspecified atom stereocenters. The average Bonchev–Trinajstić information content (AvgIpc) is 3.28. The first-order valence-corrected chi connectivity index (χ1v) is 12.6. The van der Waals surface area contributed by atoms with Gasteiger partial charge in [-0.1, -0.05) is 6.07 Å². The molecule has 0 saturated heterocycles. The number of hydrogen-bond donors (Lipinski definition) is 5. The van der Waals surface area contributed by atoms with Gasteiger partial charge in [-0.2, -0.15) is 0 Å². The molecule has 6 atom stereocenters. The monoisotopic (exact) mass is 463 g/mol. The predicted molar refractivity (Wildman–Crippen MR) is 127 cm³/mol. The first kappa shape index (κ1) is 21.8. The van der Waals surface area contributed by atoms with Crippen LogP contribution in [-0.2, 0) is 11.8 Å². The number of carbonyl (C=O) groups is 1. The number of phenolic OH excluding ortho intramolecular Hbond substituents is 4. The van der Waals surface area contributed by atoms with Crippen LogP contribution in [0.5, 0.6) is 23.0 Å². The molecule has 2 bridgehead atoms. The van der Waals surface area contributed by atoms with Crippen LogP contribution in [0.3, 0.4) is 0 Å². The summed E-state index contributed by atoms with van der Waals surface area (Å²) in [5, 5.41) is 43.7. The summed E-state index contributed by atoms with van der Waals surface area (Å²) in [5.41, 5.74) is 2.41. The Bertz CT molecular complexity index is 1180. The average molecular weight is 464 g/mol. The van der Waals surface area contributed by atoms with E-state index in [9.17, 15) is 25.2 Å². The highest BCUT2D eigenvalue weighted by atomic mass is 16.3. The number of benzene rings is 2. The van der Waals surface area contributed by atoms with Gasteiger partial charge in [0, 0.05) is 17.0 Å². The molecule has 6 rings (SSSR count). The highest BCUT2D eigenvalue weighted by Gasteiger charge is 2.81. The van der Waals surface area contributed by atoms with E-state index in [1.54, 1.807) is 25.1 Å². The molecule has 0 aromatic heterocycles. The van der Waals surface area contributed by atoms with Crippen LogP contribution in [0.1, 0.15) is 66.9 Å². The normalized spacial score (nSPS) is 33.1. The number of hydrogen-bond acceptors (Lipinski definition) is 6. The quantitative estimate of drug-likeness (QED) is 0.226. The van der Waals surface area contributed by atoms with E-state index < -0.39 is 6.04 Å². The maximum atomic E-state index is 13.3. The van der Waals surface area contributed by atoms with Crippen LogP contribution in [0.25, 0.3) is 0 Å². The third kappa shape index (κ3) is 2.81. The zero-order valence-electron chi connectivity index (χ0n) is 19.6. The van der Waals surface area contributed by atoms with Gasteiger partial charge in [0.2, 0.25) is 0 Å². The van der Waals surface area contributed by atoms with Crippen molar-refractivity contribution in [3.8, 4) is 23.0 Å². The number of rotatable bonds is 8. The lowest BCUT2D eigenvalue weighted by atomic mass is 9.31. The SMILES string of the molecule is CC(NCCCc1ccc(O)c(O)c1)C(=O)c1cc(C23CC4CC5CC(C2)C53C4)c(O)cc1O. The maximum absolute atomic E-state index is 13.3. The smallest absolute Gasteiger partial charge is 0.183 e. The first-order valence-electron chi connectivity index (χ1n) is 12.6. The Balaban J connectivity index is 1.14. The standard InChI is InChI=1S/C28H33NO5/c1-15(29-6-2-3-16-4-5-22(30)25(33)8-16)26(34)20-10-21(24(32)11-23(20)31)27-12-17-7-18-9-19(14-27)28(18,27)13-17/h4-5,8,10-11,15,17-19,29-33H,2-3,6-7,9,12-14H2,1H3. The second-order valence-corrected chi connectivity index (χ2v) is 11.3. The topological polar surface area (TPSA) is 110 Å². The van der Waals surface area contributed by atoms with Crippen LogP contribution >= 0.6 is 0 Å². The molecular weight excluding hydrogens is 430 g/mol. The second-order valence-electron chi connectivity index (χ2n) is 11.3. The van der Waals surface area contributed by atoms with Crippen LogP contribution in [0.15, 0.2) is 30.3 Å². The van der Waals surface area contributed by atoms with E-state index in [1.807, 2.05) is 0 Å². The molecule has 6 heteroatoms. The number of ketones is 1. The first-order chi connectivity index (χ1) is 16.2. The Morgan fingerprint density at radius 2 is 1.79 bits per heavy atom. The zero-order valence-corrected chi connectivity index (χ0v) is 19.6. The van der Waals surface area contributed by atoms with Gasteiger partial charge in [0.25, 0.3) is 0 Å². The van der Waals surface area contributed by atoms with Gasteiger partial charge in [-0.05, 0) is 105 Å². The molecule has 4 aliphatic rings. The lowest BCUT2D eigenvalue weighted by Crippen LogP contribution is -2.68. The molecule has 2 aromatic rings. The number of carbonyl (C=O) groups excluding carboxylic acids is 1. The van der Waals surface area contributed by atoms with Gasteiger partial charge in [0.15, 0.2) is 17.3 Å². The van der Waals surface area contributed by atoms with Crippen molar-refractivity contribution in [2.24, 2.45) is 23.2 Å². The molecule has 0 aliphatic heterocycles. The Kier molecular flexibility index (Phi) is 4.73. The summed E-state index contributed by atoms with van der Waals surface area (Å²) >= 11 is 0. The molecule has 0 amide bonds. The van der Waals surface area contributed by atoms with Crippen molar-refractivity contribution in [2.75, 3.05) is 6.54 Å². The molecular formula is C28H33NO5. The number of aromatic hydroxyl groups is 4. The van der Waals surface area contributed by atoms with E-state index >= 15 is 0 Å². The lowest BCUT2D eigenvalue weighted by Gasteiger charge is -2.73. The summed E-state index contributed by atoms with van der Waals surface area (Å²) in [6, 6.07) is 7.49. The second kappa shape index (κ2) is 7.38. The highest BCUT2D eigenvalue weighted by Crippen LogP contribution is 2.87. The van der Waals surface area contributed by atoms with Gasteiger partial charge >= 0.3 is 0 Å². The molecule has 2 aromatic carbocycles. The van der Waals surface area contributed by atoms with E-state index in [0.717, 1.165) is 48.1 Å². The Morgan fingerprint density at radius 1 is 0.971 bits per heavy atom. The van der Waals surface area contributed by atoms with Crippen molar-refractivity contribution in [1.29, 1.82) is 0 Å². The number of Topliss-reactive ketones (excluding diaryl/α,β-unsaturated/α-hetero) is 1. The summed E-state index contributed by atoms with van der Waals surface area (Å²) in [6.45, 7) is 2.40. The summed E-state index contributed by atoms with van der Waals surface area (Å²) in [7, 11) is 0. The van der Waals surface area contributed by atoms with Crippen LogP contribution in [0.2, 0.25) is 0 Å². The Morgan fingerprint density at radius 3 is 2.53 bits per heavy atom. The number of aryl methyl sites for hydroxylation is 1. The van der Waals surface area contributed by atoms with Crippen molar-refractivity contribution in [3.63, 3.8) is 0 Å². The van der Waals surface area contributed by atoms with Crippen LogP contribution in [-0.4, -0.2) is 38.8 Å². The molecule has 5 N–H and O–H groups in total. The largest absolute Gasteiger partial charge is 0.508 e. The van der Waals surface area contributed by atoms with E-state index in [4.69, 9.17) is 0 Å². The molecule has 0 heterocycles. The minimum absolute atomic E-state index is 0.0113. The molecule has 34 heavy (non-hydrogen) atoms. The van der Waals surface area contributed by atoms with Crippen LogP contribution < -0.4 is 5.32 Å².